The molecule has 110 valence electrons. The Kier molecular flexibility index (Phi) is 3.92. The fourth-order valence-corrected chi connectivity index (χ4v) is 3.04. The third-order valence-electron chi connectivity index (χ3n) is 3.33. The molecule has 0 bridgehead atoms. The number of aryl methyl sites for hydroxylation is 1. The van der Waals surface area contributed by atoms with E-state index < -0.39 is 0 Å². The Balaban J connectivity index is 1.87. The number of hydrogen-bond donors (Lipinski definition) is 2. The van der Waals surface area contributed by atoms with Crippen molar-refractivity contribution in [2.24, 2.45) is 0 Å². The van der Waals surface area contributed by atoms with Crippen LogP contribution in [0.25, 0.3) is 0 Å². The Hall–Kier alpha value is -1.89. The lowest BCUT2D eigenvalue weighted by Gasteiger charge is -2.16. The number of benzene rings is 1. The van der Waals surface area contributed by atoms with Crippen LogP contribution in [0.1, 0.15) is 18.4 Å². The molecule has 1 aromatic carbocycles. The van der Waals surface area contributed by atoms with Crippen molar-refractivity contribution in [3.05, 3.63) is 28.2 Å². The van der Waals surface area contributed by atoms with Gasteiger partial charge in [0.1, 0.15) is 0 Å². The normalized spacial score (nSPS) is 14.5. The fourth-order valence-electron chi connectivity index (χ4n) is 2.43. The van der Waals surface area contributed by atoms with Crippen LogP contribution in [0.15, 0.2) is 22.7 Å². The predicted molar refractivity (Wildman–Crippen MR) is 87.8 cm³/mol. The van der Waals surface area contributed by atoms with Gasteiger partial charge in [-0.05, 0) is 43.5 Å². The first-order valence-electron chi connectivity index (χ1n) is 6.91. The molecule has 1 aliphatic heterocycles. The van der Waals surface area contributed by atoms with Gasteiger partial charge in [-0.15, -0.1) is 0 Å². The molecule has 0 radical (unpaired) electrons. The molecule has 7 heteroatoms. The van der Waals surface area contributed by atoms with Crippen LogP contribution in [0.5, 0.6) is 0 Å². The van der Waals surface area contributed by atoms with Crippen LogP contribution in [-0.4, -0.2) is 28.0 Å². The average molecular weight is 349 g/mol. The van der Waals surface area contributed by atoms with E-state index in [1.807, 2.05) is 25.1 Å². The highest BCUT2D eigenvalue weighted by molar-refractivity contribution is 9.10. The molecular weight excluding hydrogens is 332 g/mol. The molecule has 0 saturated carbocycles. The molecule has 2 aromatic rings. The smallest absolute Gasteiger partial charge is 0.233 e. The fraction of sp³-hybridized carbons (Fsp3) is 0.357. The van der Waals surface area contributed by atoms with Gasteiger partial charge in [-0.25, -0.2) is 0 Å². The van der Waals surface area contributed by atoms with Crippen LogP contribution in [0.2, 0.25) is 0 Å². The van der Waals surface area contributed by atoms with E-state index in [0.717, 1.165) is 28.8 Å². The first-order valence-corrected chi connectivity index (χ1v) is 7.70. The largest absolute Gasteiger partial charge is 0.368 e. The summed E-state index contributed by atoms with van der Waals surface area (Å²) >= 11 is 3.48. The van der Waals surface area contributed by atoms with Crippen molar-refractivity contribution >= 4 is 39.5 Å². The lowest BCUT2D eigenvalue weighted by molar-refractivity contribution is 0.887. The Morgan fingerprint density at radius 1 is 1.14 bits per heavy atom. The first kappa shape index (κ1) is 14.1. The molecule has 3 N–H and O–H groups in total. The zero-order chi connectivity index (χ0) is 14.8. The molecule has 1 fully saturated rings. The Morgan fingerprint density at radius 2 is 1.90 bits per heavy atom. The summed E-state index contributed by atoms with van der Waals surface area (Å²) < 4.78 is 1.01. The summed E-state index contributed by atoms with van der Waals surface area (Å²) in [6.45, 7) is 3.98. The quantitative estimate of drug-likeness (QED) is 0.887. The highest BCUT2D eigenvalue weighted by atomic mass is 79.9. The highest BCUT2D eigenvalue weighted by Gasteiger charge is 2.16. The number of aromatic nitrogens is 3. The summed E-state index contributed by atoms with van der Waals surface area (Å²) in [5.41, 5.74) is 7.87. The summed E-state index contributed by atoms with van der Waals surface area (Å²) in [4.78, 5) is 15.0. The van der Waals surface area contributed by atoms with E-state index in [1.54, 1.807) is 0 Å². The predicted octanol–water partition coefficient (Wildman–Crippen LogP) is 2.87. The molecule has 1 saturated heterocycles. The van der Waals surface area contributed by atoms with Crippen molar-refractivity contribution in [1.82, 2.24) is 15.0 Å². The maximum atomic E-state index is 5.80. The van der Waals surface area contributed by atoms with Gasteiger partial charge < -0.3 is 16.0 Å². The number of anilines is 4. The second kappa shape index (κ2) is 5.85. The van der Waals surface area contributed by atoms with Crippen LogP contribution in [0.3, 0.4) is 0 Å². The lowest BCUT2D eigenvalue weighted by atomic mass is 10.2. The van der Waals surface area contributed by atoms with Gasteiger partial charge in [-0.1, -0.05) is 15.9 Å². The third-order valence-corrected chi connectivity index (χ3v) is 3.79. The topological polar surface area (TPSA) is 80.0 Å². The van der Waals surface area contributed by atoms with Crippen LogP contribution < -0.4 is 16.0 Å². The zero-order valence-corrected chi connectivity index (χ0v) is 13.4. The number of nitrogens with one attached hydrogen (secondary N) is 1. The van der Waals surface area contributed by atoms with Crippen LogP contribution in [-0.2, 0) is 0 Å². The lowest BCUT2D eigenvalue weighted by Crippen LogP contribution is -2.21. The number of halogens is 1. The maximum absolute atomic E-state index is 5.80. The summed E-state index contributed by atoms with van der Waals surface area (Å²) in [5, 5.41) is 3.19. The first-order chi connectivity index (χ1) is 10.1. The van der Waals surface area contributed by atoms with E-state index in [0.29, 0.717) is 11.9 Å². The van der Waals surface area contributed by atoms with E-state index in [4.69, 9.17) is 5.73 Å². The van der Waals surface area contributed by atoms with Crippen molar-refractivity contribution in [1.29, 1.82) is 0 Å². The average Bonchev–Trinajstić information content (AvgIpc) is 2.90. The number of hydrogen-bond acceptors (Lipinski definition) is 6. The molecule has 0 atom stereocenters. The van der Waals surface area contributed by atoms with Gasteiger partial charge in [-0.3, -0.25) is 0 Å². The summed E-state index contributed by atoms with van der Waals surface area (Å²) in [6, 6.07) is 6.05. The summed E-state index contributed by atoms with van der Waals surface area (Å²) in [5.74, 6) is 1.36. The molecular formula is C14H17BrN6. The van der Waals surface area contributed by atoms with Crippen molar-refractivity contribution in [2.45, 2.75) is 19.8 Å². The summed E-state index contributed by atoms with van der Waals surface area (Å²) in [7, 11) is 0. The molecule has 1 aliphatic rings. The number of nitrogens with two attached hydrogens (primary N) is 1. The standard InChI is InChI=1S/C14H17BrN6/c1-9-6-10(15)8-11(7-9)17-13-18-12(16)19-14(20-13)21-4-2-3-5-21/h6-8H,2-5H2,1H3,(H3,16,17,18,19,20). The SMILES string of the molecule is Cc1cc(Br)cc(Nc2nc(N)nc(N3CCCC3)n2)c1. The second-order valence-electron chi connectivity index (χ2n) is 5.15. The van der Waals surface area contributed by atoms with Gasteiger partial charge in [0.05, 0.1) is 0 Å². The minimum Gasteiger partial charge on any atom is -0.368 e. The number of nitrogen functional groups attached to an aromatic ring is 1. The molecule has 2 heterocycles. The monoisotopic (exact) mass is 348 g/mol. The van der Waals surface area contributed by atoms with Gasteiger partial charge in [0.2, 0.25) is 17.8 Å². The summed E-state index contributed by atoms with van der Waals surface area (Å²) in [6.07, 6.45) is 2.33. The van der Waals surface area contributed by atoms with Crippen molar-refractivity contribution < 1.29 is 0 Å². The van der Waals surface area contributed by atoms with E-state index in [-0.39, 0.29) is 5.95 Å². The number of nitrogens with zero attached hydrogens (tertiary/aromatic N) is 4. The van der Waals surface area contributed by atoms with E-state index >= 15 is 0 Å². The molecule has 0 aliphatic carbocycles. The second-order valence-corrected chi connectivity index (χ2v) is 6.07. The van der Waals surface area contributed by atoms with Crippen molar-refractivity contribution in [3.63, 3.8) is 0 Å². The molecule has 6 nitrogen and oxygen atoms in total. The van der Waals surface area contributed by atoms with Crippen molar-refractivity contribution in [3.8, 4) is 0 Å². The third kappa shape index (κ3) is 3.41. The van der Waals surface area contributed by atoms with Gasteiger partial charge in [0, 0.05) is 23.2 Å². The van der Waals surface area contributed by atoms with Gasteiger partial charge >= 0.3 is 0 Å². The minimum absolute atomic E-state index is 0.237. The van der Waals surface area contributed by atoms with Crippen molar-refractivity contribution in [2.75, 3.05) is 29.0 Å². The highest BCUT2D eigenvalue weighted by Crippen LogP contribution is 2.23. The molecule has 3 rings (SSSR count). The molecule has 0 spiro atoms. The van der Waals surface area contributed by atoms with Gasteiger partial charge in [-0.2, -0.15) is 15.0 Å². The van der Waals surface area contributed by atoms with E-state index in [2.05, 4.69) is 41.1 Å². The maximum Gasteiger partial charge on any atom is 0.233 e. The Bertz CT molecular complexity index is 634. The molecule has 21 heavy (non-hydrogen) atoms. The van der Waals surface area contributed by atoms with Crippen LogP contribution in [0.4, 0.5) is 23.5 Å². The molecule has 0 unspecified atom stereocenters. The van der Waals surface area contributed by atoms with E-state index in [1.165, 1.54) is 12.8 Å². The Morgan fingerprint density at radius 3 is 2.62 bits per heavy atom. The van der Waals surface area contributed by atoms with Gasteiger partial charge in [0.25, 0.3) is 0 Å². The minimum atomic E-state index is 0.237. The Labute approximate surface area is 131 Å². The molecule has 0 amide bonds. The van der Waals surface area contributed by atoms with Crippen LogP contribution in [0, 0.1) is 6.92 Å². The number of rotatable bonds is 3. The van der Waals surface area contributed by atoms with Crippen LogP contribution >= 0.6 is 15.9 Å². The molecule has 1 aromatic heterocycles. The zero-order valence-electron chi connectivity index (χ0n) is 11.8. The van der Waals surface area contributed by atoms with E-state index in [9.17, 15) is 0 Å². The van der Waals surface area contributed by atoms with Gasteiger partial charge in [0.15, 0.2) is 0 Å².